The van der Waals surface area contributed by atoms with Crippen LogP contribution in [0.3, 0.4) is 0 Å². The van der Waals surface area contributed by atoms with Gasteiger partial charge in [0.05, 0.1) is 0 Å². The lowest BCUT2D eigenvalue weighted by molar-refractivity contribution is -0.139. The number of halogens is 1. The minimum atomic E-state index is -0.178. The van der Waals surface area contributed by atoms with Gasteiger partial charge in [0.1, 0.15) is 0 Å². The molecule has 1 fully saturated rings. The van der Waals surface area contributed by atoms with E-state index in [1.165, 1.54) is 4.90 Å². The van der Waals surface area contributed by atoms with E-state index in [4.69, 9.17) is 5.73 Å². The van der Waals surface area contributed by atoms with Crippen molar-refractivity contribution >= 4 is 30.1 Å². The topological polar surface area (TPSA) is 83.7 Å². The van der Waals surface area contributed by atoms with E-state index in [2.05, 4.69) is 0 Å². The Bertz CT molecular complexity index is 369. The van der Waals surface area contributed by atoms with Gasteiger partial charge in [-0.15, -0.1) is 12.4 Å². The van der Waals surface area contributed by atoms with Crippen LogP contribution >= 0.6 is 12.4 Å². The molecule has 6 nitrogen and oxygen atoms in total. The highest BCUT2D eigenvalue weighted by Gasteiger charge is 2.29. The van der Waals surface area contributed by atoms with E-state index in [-0.39, 0.29) is 61.4 Å². The first-order valence-electron chi connectivity index (χ1n) is 6.54. The summed E-state index contributed by atoms with van der Waals surface area (Å²) in [5.74, 6) is -0.431. The molecule has 0 atom stereocenters. The van der Waals surface area contributed by atoms with E-state index in [1.54, 1.807) is 11.9 Å². The van der Waals surface area contributed by atoms with Crippen LogP contribution in [0, 0.1) is 5.41 Å². The maximum Gasteiger partial charge on any atom is 0.229 e. The lowest BCUT2D eigenvalue weighted by Gasteiger charge is -2.29. The minimum absolute atomic E-state index is 0. The van der Waals surface area contributed by atoms with E-state index >= 15 is 0 Å². The van der Waals surface area contributed by atoms with E-state index in [9.17, 15) is 14.4 Å². The quantitative estimate of drug-likeness (QED) is 0.720. The standard InChI is InChI=1S/C13H23N3O3.ClH/c1-13(2,8-14)9-15(3)10(17)6-7-16-11(18)4-5-12(16)19;/h4-9,14H2,1-3H3;1H. The van der Waals surface area contributed by atoms with Crippen molar-refractivity contribution in [1.82, 2.24) is 9.80 Å². The van der Waals surface area contributed by atoms with Crippen molar-refractivity contribution in [2.75, 3.05) is 26.7 Å². The summed E-state index contributed by atoms with van der Waals surface area (Å²) in [5.41, 5.74) is 5.49. The normalized spacial score (nSPS) is 15.3. The zero-order chi connectivity index (χ0) is 14.6. The van der Waals surface area contributed by atoms with Crippen molar-refractivity contribution in [3.05, 3.63) is 0 Å². The van der Waals surface area contributed by atoms with Gasteiger partial charge in [0.15, 0.2) is 0 Å². The van der Waals surface area contributed by atoms with Crippen molar-refractivity contribution < 1.29 is 14.4 Å². The SMILES string of the molecule is CN(CC(C)(C)CN)C(=O)CCN1C(=O)CCC1=O.Cl. The highest BCUT2D eigenvalue weighted by molar-refractivity contribution is 6.02. The molecule has 1 aliphatic rings. The molecule has 0 radical (unpaired) electrons. The Kier molecular flexibility index (Phi) is 7.16. The van der Waals surface area contributed by atoms with Crippen molar-refractivity contribution in [3.8, 4) is 0 Å². The molecule has 1 saturated heterocycles. The predicted molar refractivity (Wildman–Crippen MR) is 78.3 cm³/mol. The second-order valence-corrected chi connectivity index (χ2v) is 5.81. The maximum absolute atomic E-state index is 11.9. The number of nitrogens with two attached hydrogens (primary N) is 1. The fourth-order valence-electron chi connectivity index (χ4n) is 2.07. The molecule has 20 heavy (non-hydrogen) atoms. The Labute approximate surface area is 126 Å². The first-order valence-corrected chi connectivity index (χ1v) is 6.54. The average Bonchev–Trinajstić information content (AvgIpc) is 2.65. The molecule has 1 aliphatic heterocycles. The smallest absolute Gasteiger partial charge is 0.229 e. The lowest BCUT2D eigenvalue weighted by Crippen LogP contribution is -2.41. The van der Waals surface area contributed by atoms with Gasteiger partial charge in [0.2, 0.25) is 17.7 Å². The molecule has 1 rings (SSSR count). The number of carbonyl (C=O) groups is 3. The van der Waals surface area contributed by atoms with Gasteiger partial charge in [-0.25, -0.2) is 0 Å². The minimum Gasteiger partial charge on any atom is -0.345 e. The van der Waals surface area contributed by atoms with Crippen LogP contribution < -0.4 is 5.73 Å². The molecule has 0 aliphatic carbocycles. The first kappa shape index (κ1) is 18.9. The number of amides is 3. The molecule has 116 valence electrons. The molecule has 0 bridgehead atoms. The van der Waals surface area contributed by atoms with Gasteiger partial charge in [-0.2, -0.15) is 0 Å². The summed E-state index contributed by atoms with van der Waals surface area (Å²) in [6, 6.07) is 0. The van der Waals surface area contributed by atoms with Crippen molar-refractivity contribution in [2.24, 2.45) is 11.1 Å². The summed E-state index contributed by atoms with van der Waals surface area (Å²) in [4.78, 5) is 37.5. The summed E-state index contributed by atoms with van der Waals surface area (Å²) < 4.78 is 0. The summed E-state index contributed by atoms with van der Waals surface area (Å²) >= 11 is 0. The van der Waals surface area contributed by atoms with Crippen LogP contribution in [-0.4, -0.2) is 54.2 Å². The molecule has 1 heterocycles. The van der Waals surface area contributed by atoms with Crippen molar-refractivity contribution in [1.29, 1.82) is 0 Å². The molecule has 0 aromatic heterocycles. The Balaban J connectivity index is 0.00000361. The van der Waals surface area contributed by atoms with Gasteiger partial charge in [0.25, 0.3) is 0 Å². The maximum atomic E-state index is 11.9. The summed E-state index contributed by atoms with van der Waals surface area (Å²) in [7, 11) is 1.72. The Morgan fingerprint density at radius 2 is 1.80 bits per heavy atom. The van der Waals surface area contributed by atoms with Crippen LogP contribution in [0.5, 0.6) is 0 Å². The summed E-state index contributed by atoms with van der Waals surface area (Å²) in [6.45, 7) is 5.22. The fraction of sp³-hybridized carbons (Fsp3) is 0.769. The highest BCUT2D eigenvalue weighted by atomic mass is 35.5. The van der Waals surface area contributed by atoms with Crippen LogP contribution in [-0.2, 0) is 14.4 Å². The van der Waals surface area contributed by atoms with Gasteiger partial charge < -0.3 is 10.6 Å². The Hall–Kier alpha value is -1.14. The third-order valence-corrected chi connectivity index (χ3v) is 3.35. The molecular formula is C13H24ClN3O3. The number of hydrogen-bond donors (Lipinski definition) is 1. The molecule has 0 aromatic rings. The van der Waals surface area contributed by atoms with Crippen LogP contribution in [0.25, 0.3) is 0 Å². The fourth-order valence-corrected chi connectivity index (χ4v) is 2.07. The number of likely N-dealkylation sites (tertiary alicyclic amines) is 1. The van der Waals surface area contributed by atoms with Gasteiger partial charge in [-0.1, -0.05) is 13.8 Å². The van der Waals surface area contributed by atoms with Gasteiger partial charge in [-0.05, 0) is 12.0 Å². The average molecular weight is 306 g/mol. The van der Waals surface area contributed by atoms with Crippen LogP contribution in [0.15, 0.2) is 0 Å². The van der Waals surface area contributed by atoms with E-state index in [1.807, 2.05) is 13.8 Å². The monoisotopic (exact) mass is 305 g/mol. The second-order valence-electron chi connectivity index (χ2n) is 5.81. The largest absolute Gasteiger partial charge is 0.345 e. The number of nitrogens with zero attached hydrogens (tertiary/aromatic N) is 2. The van der Waals surface area contributed by atoms with Crippen LogP contribution in [0.4, 0.5) is 0 Å². The van der Waals surface area contributed by atoms with Crippen molar-refractivity contribution in [3.63, 3.8) is 0 Å². The molecule has 0 aromatic carbocycles. The highest BCUT2D eigenvalue weighted by Crippen LogP contribution is 2.15. The van der Waals surface area contributed by atoms with E-state index in [0.717, 1.165) is 0 Å². The molecule has 0 unspecified atom stereocenters. The third kappa shape index (κ3) is 5.09. The molecular weight excluding hydrogens is 282 g/mol. The summed E-state index contributed by atoms with van der Waals surface area (Å²) in [5, 5.41) is 0. The molecule has 3 amide bonds. The third-order valence-electron chi connectivity index (χ3n) is 3.35. The molecule has 0 saturated carbocycles. The lowest BCUT2D eigenvalue weighted by atomic mass is 9.93. The van der Waals surface area contributed by atoms with E-state index < -0.39 is 0 Å². The second kappa shape index (κ2) is 7.59. The predicted octanol–water partition coefficient (Wildman–Crippen LogP) is 0.391. The van der Waals surface area contributed by atoms with Gasteiger partial charge >= 0.3 is 0 Å². The zero-order valence-electron chi connectivity index (χ0n) is 12.3. The number of rotatable bonds is 6. The van der Waals surface area contributed by atoms with Crippen LogP contribution in [0.1, 0.15) is 33.1 Å². The number of imide groups is 1. The number of carbonyl (C=O) groups excluding carboxylic acids is 3. The van der Waals surface area contributed by atoms with Gasteiger partial charge in [0, 0.05) is 39.4 Å². The summed E-state index contributed by atoms with van der Waals surface area (Å²) in [6.07, 6.45) is 0.709. The molecule has 2 N–H and O–H groups in total. The number of hydrogen-bond acceptors (Lipinski definition) is 4. The first-order chi connectivity index (χ1) is 8.76. The van der Waals surface area contributed by atoms with Crippen molar-refractivity contribution in [2.45, 2.75) is 33.1 Å². The molecule has 7 heteroatoms. The zero-order valence-corrected chi connectivity index (χ0v) is 13.2. The van der Waals surface area contributed by atoms with E-state index in [0.29, 0.717) is 13.1 Å². The molecule has 0 spiro atoms. The van der Waals surface area contributed by atoms with Crippen LogP contribution in [0.2, 0.25) is 0 Å². The Morgan fingerprint density at radius 3 is 2.25 bits per heavy atom. The Morgan fingerprint density at radius 1 is 1.30 bits per heavy atom. The van der Waals surface area contributed by atoms with Gasteiger partial charge in [-0.3, -0.25) is 19.3 Å².